The first kappa shape index (κ1) is 12.6. The quantitative estimate of drug-likeness (QED) is 0.632. The van der Waals surface area contributed by atoms with Gasteiger partial charge in [-0.2, -0.15) is 15.1 Å². The molecule has 4 N–H and O–H groups in total. The van der Waals surface area contributed by atoms with Crippen LogP contribution in [0.1, 0.15) is 19.8 Å². The van der Waals surface area contributed by atoms with Crippen molar-refractivity contribution in [3.63, 3.8) is 0 Å². The molecule has 0 spiro atoms. The van der Waals surface area contributed by atoms with Gasteiger partial charge in [0, 0.05) is 25.6 Å². The van der Waals surface area contributed by atoms with E-state index in [2.05, 4.69) is 36.1 Å². The van der Waals surface area contributed by atoms with Crippen molar-refractivity contribution in [1.29, 1.82) is 0 Å². The molecule has 1 amide bonds. The lowest BCUT2D eigenvalue weighted by atomic mass is 10.2. The normalized spacial score (nSPS) is 18.2. The van der Waals surface area contributed by atoms with E-state index in [0.29, 0.717) is 24.6 Å². The molecule has 3 rings (SSSR count). The Labute approximate surface area is 115 Å². The second-order valence-corrected chi connectivity index (χ2v) is 4.74. The third-order valence-corrected chi connectivity index (χ3v) is 3.25. The van der Waals surface area contributed by atoms with Gasteiger partial charge in [0.25, 0.3) is 0 Å². The molecule has 1 fully saturated rings. The highest BCUT2D eigenvalue weighted by Gasteiger charge is 2.20. The van der Waals surface area contributed by atoms with E-state index < -0.39 is 0 Å². The van der Waals surface area contributed by atoms with E-state index in [4.69, 9.17) is 0 Å². The number of rotatable bonds is 5. The average Bonchev–Trinajstić information content (AvgIpc) is 3.05. The molecule has 0 aromatic carbocycles. The van der Waals surface area contributed by atoms with Gasteiger partial charge in [-0.25, -0.2) is 0 Å². The van der Waals surface area contributed by atoms with Crippen LogP contribution in [-0.2, 0) is 4.79 Å². The predicted molar refractivity (Wildman–Crippen MR) is 75.5 cm³/mol. The number of H-pyrrole nitrogens is 1. The molecule has 1 aliphatic heterocycles. The topological polar surface area (TPSA) is 108 Å². The number of aromatic nitrogens is 4. The van der Waals surface area contributed by atoms with Gasteiger partial charge in [-0.05, 0) is 13.3 Å². The lowest BCUT2D eigenvalue weighted by Gasteiger charge is -2.13. The van der Waals surface area contributed by atoms with Crippen molar-refractivity contribution in [1.82, 2.24) is 25.5 Å². The van der Waals surface area contributed by atoms with E-state index in [-0.39, 0.29) is 11.9 Å². The van der Waals surface area contributed by atoms with Gasteiger partial charge in [0.05, 0.1) is 11.6 Å². The van der Waals surface area contributed by atoms with Gasteiger partial charge < -0.3 is 16.0 Å². The van der Waals surface area contributed by atoms with Crippen molar-refractivity contribution >= 4 is 28.7 Å². The average molecular weight is 275 g/mol. The van der Waals surface area contributed by atoms with Gasteiger partial charge in [-0.3, -0.25) is 9.89 Å². The second kappa shape index (κ2) is 5.32. The maximum atomic E-state index is 11.2. The molecule has 1 atom stereocenters. The molecule has 20 heavy (non-hydrogen) atoms. The molecule has 8 heteroatoms. The van der Waals surface area contributed by atoms with Crippen LogP contribution in [0.4, 0.5) is 11.8 Å². The fourth-order valence-electron chi connectivity index (χ4n) is 2.26. The Hall–Kier alpha value is -2.38. The van der Waals surface area contributed by atoms with Crippen LogP contribution < -0.4 is 16.0 Å². The molecule has 3 heterocycles. The molecule has 2 aromatic heterocycles. The predicted octanol–water partition coefficient (Wildman–Crippen LogP) is 0.475. The monoisotopic (exact) mass is 275 g/mol. The molecule has 106 valence electrons. The molecule has 8 nitrogen and oxygen atoms in total. The Bertz CT molecular complexity index is 623. The number of hydrogen-bond acceptors (Lipinski definition) is 6. The lowest BCUT2D eigenvalue weighted by molar-refractivity contribution is -0.119. The van der Waals surface area contributed by atoms with E-state index in [9.17, 15) is 4.79 Å². The SMILES string of the molecule is CCNc1nc(NCC2CCC(=O)N2)c2cn[nH]c2n1. The highest BCUT2D eigenvalue weighted by molar-refractivity contribution is 5.87. The van der Waals surface area contributed by atoms with Crippen LogP contribution in [0.3, 0.4) is 0 Å². The van der Waals surface area contributed by atoms with E-state index in [0.717, 1.165) is 24.2 Å². The maximum absolute atomic E-state index is 11.2. The van der Waals surface area contributed by atoms with Gasteiger partial charge in [-0.1, -0.05) is 0 Å². The van der Waals surface area contributed by atoms with Crippen molar-refractivity contribution in [2.24, 2.45) is 0 Å². The summed E-state index contributed by atoms with van der Waals surface area (Å²) in [7, 11) is 0. The minimum absolute atomic E-state index is 0.112. The Morgan fingerprint density at radius 3 is 3.05 bits per heavy atom. The fraction of sp³-hybridized carbons (Fsp3) is 0.500. The molecule has 2 aromatic rings. The second-order valence-electron chi connectivity index (χ2n) is 4.74. The Morgan fingerprint density at radius 2 is 2.30 bits per heavy atom. The van der Waals surface area contributed by atoms with Crippen molar-refractivity contribution in [2.45, 2.75) is 25.8 Å². The minimum Gasteiger partial charge on any atom is -0.367 e. The zero-order valence-corrected chi connectivity index (χ0v) is 11.2. The van der Waals surface area contributed by atoms with Crippen molar-refractivity contribution in [2.75, 3.05) is 23.7 Å². The van der Waals surface area contributed by atoms with Crippen LogP contribution in [0, 0.1) is 0 Å². The molecule has 0 saturated carbocycles. The van der Waals surface area contributed by atoms with E-state index in [1.54, 1.807) is 6.20 Å². The Morgan fingerprint density at radius 1 is 1.40 bits per heavy atom. The molecule has 1 aliphatic rings. The summed E-state index contributed by atoms with van der Waals surface area (Å²) in [5.74, 6) is 1.39. The Balaban J connectivity index is 1.78. The summed E-state index contributed by atoms with van der Waals surface area (Å²) in [6.45, 7) is 3.38. The maximum Gasteiger partial charge on any atom is 0.226 e. The van der Waals surface area contributed by atoms with Crippen molar-refractivity contribution < 1.29 is 4.79 Å². The van der Waals surface area contributed by atoms with Gasteiger partial charge in [0.1, 0.15) is 5.82 Å². The molecule has 0 radical (unpaired) electrons. The minimum atomic E-state index is 0.112. The third-order valence-electron chi connectivity index (χ3n) is 3.25. The summed E-state index contributed by atoms with van der Waals surface area (Å²) in [5, 5.41) is 17.0. The number of hydrogen-bond donors (Lipinski definition) is 4. The number of aromatic amines is 1. The van der Waals surface area contributed by atoms with Gasteiger partial charge in [-0.15, -0.1) is 0 Å². The largest absolute Gasteiger partial charge is 0.367 e. The number of carbonyl (C=O) groups excluding carboxylic acids is 1. The first-order valence-electron chi connectivity index (χ1n) is 6.74. The molecular formula is C12H17N7O. The fourth-order valence-corrected chi connectivity index (χ4v) is 2.26. The van der Waals surface area contributed by atoms with Crippen LogP contribution >= 0.6 is 0 Å². The smallest absolute Gasteiger partial charge is 0.226 e. The number of carbonyl (C=O) groups is 1. The van der Waals surface area contributed by atoms with Crippen molar-refractivity contribution in [3.8, 4) is 0 Å². The summed E-state index contributed by atoms with van der Waals surface area (Å²) in [6.07, 6.45) is 3.14. The Kier molecular flexibility index (Phi) is 3.36. The first-order valence-corrected chi connectivity index (χ1v) is 6.74. The summed E-state index contributed by atoms with van der Waals surface area (Å²) in [6, 6.07) is 0.155. The third kappa shape index (κ3) is 2.49. The molecule has 0 aliphatic carbocycles. The number of nitrogens with one attached hydrogen (secondary N) is 4. The number of nitrogens with zero attached hydrogens (tertiary/aromatic N) is 3. The molecule has 0 bridgehead atoms. The van der Waals surface area contributed by atoms with Crippen LogP contribution in [0.25, 0.3) is 11.0 Å². The van der Waals surface area contributed by atoms with E-state index in [1.165, 1.54) is 0 Å². The number of fused-ring (bicyclic) bond motifs is 1. The van der Waals surface area contributed by atoms with E-state index >= 15 is 0 Å². The summed E-state index contributed by atoms with van der Waals surface area (Å²) in [5.41, 5.74) is 0.689. The molecule has 1 unspecified atom stereocenters. The molecular weight excluding hydrogens is 258 g/mol. The van der Waals surface area contributed by atoms with Crippen LogP contribution in [0.5, 0.6) is 0 Å². The number of amides is 1. The van der Waals surface area contributed by atoms with Crippen molar-refractivity contribution in [3.05, 3.63) is 6.20 Å². The lowest BCUT2D eigenvalue weighted by Crippen LogP contribution is -2.32. The first-order chi connectivity index (χ1) is 9.76. The van der Waals surface area contributed by atoms with E-state index in [1.807, 2.05) is 6.92 Å². The zero-order chi connectivity index (χ0) is 13.9. The standard InChI is InChI=1S/C12H17N7O/c1-2-13-12-17-10(8-6-15-19-11(8)18-12)14-5-7-3-4-9(20)16-7/h6-7H,2-5H2,1H3,(H,16,20)(H3,13,14,15,17,18,19). The summed E-state index contributed by atoms with van der Waals surface area (Å²) >= 11 is 0. The van der Waals surface area contributed by atoms with Gasteiger partial charge in [0.2, 0.25) is 11.9 Å². The van der Waals surface area contributed by atoms with Gasteiger partial charge >= 0.3 is 0 Å². The summed E-state index contributed by atoms with van der Waals surface area (Å²) < 4.78 is 0. The highest BCUT2D eigenvalue weighted by Crippen LogP contribution is 2.20. The van der Waals surface area contributed by atoms with Gasteiger partial charge in [0.15, 0.2) is 5.65 Å². The van der Waals surface area contributed by atoms with Crippen LogP contribution in [0.2, 0.25) is 0 Å². The zero-order valence-electron chi connectivity index (χ0n) is 11.2. The highest BCUT2D eigenvalue weighted by atomic mass is 16.1. The summed E-state index contributed by atoms with van der Waals surface area (Å²) in [4.78, 5) is 19.9. The van der Waals surface area contributed by atoms with Crippen LogP contribution in [-0.4, -0.2) is 45.2 Å². The van der Waals surface area contributed by atoms with Crippen LogP contribution in [0.15, 0.2) is 6.20 Å². The number of anilines is 2. The molecule has 1 saturated heterocycles.